The van der Waals surface area contributed by atoms with Crippen LogP contribution in [0.2, 0.25) is 0 Å². The number of rotatable bonds is 3. The van der Waals surface area contributed by atoms with Gasteiger partial charge in [0, 0.05) is 40.9 Å². The number of benzene rings is 1. The van der Waals surface area contributed by atoms with Crippen molar-refractivity contribution in [2.45, 2.75) is 29.5 Å². The first kappa shape index (κ1) is 16.3. The minimum absolute atomic E-state index is 0.0583. The quantitative estimate of drug-likeness (QED) is 0.682. The molecule has 4 heterocycles. The minimum Gasteiger partial charge on any atom is -0.472 e. The van der Waals surface area contributed by atoms with Crippen molar-refractivity contribution in [1.29, 1.82) is 0 Å². The van der Waals surface area contributed by atoms with Gasteiger partial charge in [-0.3, -0.25) is 4.90 Å². The molecule has 3 aromatic rings. The topological polar surface area (TPSA) is 50.5 Å². The lowest BCUT2D eigenvalue weighted by molar-refractivity contribution is 0.328. The van der Waals surface area contributed by atoms with Gasteiger partial charge in [0.15, 0.2) is 9.84 Å². The Morgan fingerprint density at radius 1 is 1.15 bits per heavy atom. The Labute approximate surface area is 157 Å². The first-order valence-corrected chi connectivity index (χ1v) is 11.1. The Morgan fingerprint density at radius 2 is 2.04 bits per heavy atom. The number of aryl methyl sites for hydroxylation is 1. The Kier molecular flexibility index (Phi) is 3.64. The summed E-state index contributed by atoms with van der Waals surface area (Å²) in [5.74, 6) is 0.0583. The second-order valence-corrected chi connectivity index (χ2v) is 10.7. The van der Waals surface area contributed by atoms with Crippen LogP contribution in [0.1, 0.15) is 21.2 Å². The van der Waals surface area contributed by atoms with E-state index in [4.69, 9.17) is 4.42 Å². The third kappa shape index (κ3) is 2.47. The maximum absolute atomic E-state index is 13.0. The molecule has 0 bridgehead atoms. The minimum atomic E-state index is -3.25. The van der Waals surface area contributed by atoms with Crippen LogP contribution in [0.4, 0.5) is 0 Å². The Bertz CT molecular complexity index is 1070. The van der Waals surface area contributed by atoms with Gasteiger partial charge in [0.05, 0.1) is 22.7 Å². The van der Waals surface area contributed by atoms with Crippen molar-refractivity contribution < 1.29 is 12.8 Å². The molecular formula is C20H19NO3S2. The fraction of sp³-hybridized carbons (Fsp3) is 0.300. The number of hydrogen-bond acceptors (Lipinski definition) is 5. The zero-order chi connectivity index (χ0) is 17.9. The maximum Gasteiger partial charge on any atom is 0.183 e. The Morgan fingerprint density at radius 3 is 2.77 bits per heavy atom. The molecule has 0 aliphatic carbocycles. The predicted octanol–water partition coefficient (Wildman–Crippen LogP) is 4.07. The van der Waals surface area contributed by atoms with Crippen molar-refractivity contribution in [3.63, 3.8) is 0 Å². The molecule has 2 atom stereocenters. The largest absolute Gasteiger partial charge is 0.472 e. The molecule has 0 amide bonds. The van der Waals surface area contributed by atoms with Gasteiger partial charge in [0.1, 0.15) is 0 Å². The van der Waals surface area contributed by atoms with E-state index in [1.165, 1.54) is 9.75 Å². The smallest absolute Gasteiger partial charge is 0.183 e. The van der Waals surface area contributed by atoms with E-state index in [9.17, 15) is 8.42 Å². The molecule has 134 valence electrons. The SMILES string of the molecule is Cc1ccc(CN2C[C@@H]3[C@@H](C2)c2cc(-c4ccoc4)ccc2S3(=O)=O)s1. The van der Waals surface area contributed by atoms with E-state index >= 15 is 0 Å². The predicted molar refractivity (Wildman–Crippen MR) is 102 cm³/mol. The molecule has 1 fully saturated rings. The van der Waals surface area contributed by atoms with Gasteiger partial charge in [-0.25, -0.2) is 8.42 Å². The van der Waals surface area contributed by atoms with Crippen molar-refractivity contribution >= 4 is 21.2 Å². The molecule has 2 aliphatic rings. The molecule has 0 radical (unpaired) electrons. The number of hydrogen-bond donors (Lipinski definition) is 0. The van der Waals surface area contributed by atoms with E-state index < -0.39 is 9.84 Å². The van der Waals surface area contributed by atoms with Crippen LogP contribution in [-0.4, -0.2) is 31.7 Å². The van der Waals surface area contributed by atoms with Crippen molar-refractivity contribution in [1.82, 2.24) is 4.90 Å². The summed E-state index contributed by atoms with van der Waals surface area (Å²) in [4.78, 5) is 5.40. The van der Waals surface area contributed by atoms with Gasteiger partial charge in [-0.2, -0.15) is 0 Å². The van der Waals surface area contributed by atoms with E-state index in [0.717, 1.165) is 29.8 Å². The first-order chi connectivity index (χ1) is 12.5. The first-order valence-electron chi connectivity index (χ1n) is 8.70. The van der Waals surface area contributed by atoms with E-state index in [1.807, 2.05) is 18.2 Å². The number of thiophene rings is 1. The average molecular weight is 386 g/mol. The third-order valence-corrected chi connectivity index (χ3v) is 8.73. The monoisotopic (exact) mass is 385 g/mol. The van der Waals surface area contributed by atoms with Gasteiger partial charge < -0.3 is 4.42 Å². The molecule has 1 aromatic carbocycles. The van der Waals surface area contributed by atoms with Crippen LogP contribution in [0.3, 0.4) is 0 Å². The zero-order valence-electron chi connectivity index (χ0n) is 14.4. The van der Waals surface area contributed by atoms with Gasteiger partial charge in [-0.1, -0.05) is 6.07 Å². The maximum atomic E-state index is 13.0. The summed E-state index contributed by atoms with van der Waals surface area (Å²) in [5, 5.41) is -0.321. The molecule has 2 aliphatic heterocycles. The van der Waals surface area contributed by atoms with E-state index in [1.54, 1.807) is 29.9 Å². The van der Waals surface area contributed by atoms with Crippen LogP contribution in [0.15, 0.2) is 58.2 Å². The number of likely N-dealkylation sites (tertiary alicyclic amines) is 1. The van der Waals surface area contributed by atoms with Crippen LogP contribution in [0.25, 0.3) is 11.1 Å². The summed E-state index contributed by atoms with van der Waals surface area (Å²) >= 11 is 1.79. The molecule has 0 N–H and O–H groups in total. The Hall–Kier alpha value is -1.89. The second kappa shape index (κ2) is 5.81. The van der Waals surface area contributed by atoms with Crippen molar-refractivity contribution in [3.05, 3.63) is 64.2 Å². The molecule has 26 heavy (non-hydrogen) atoms. The fourth-order valence-corrected chi connectivity index (χ4v) is 7.38. The molecule has 0 unspecified atom stereocenters. The summed E-state index contributed by atoms with van der Waals surface area (Å²) < 4.78 is 31.2. The van der Waals surface area contributed by atoms with Gasteiger partial charge in [-0.15, -0.1) is 11.3 Å². The van der Waals surface area contributed by atoms with Crippen LogP contribution in [-0.2, 0) is 16.4 Å². The zero-order valence-corrected chi connectivity index (χ0v) is 16.0. The summed E-state index contributed by atoms with van der Waals surface area (Å²) in [7, 11) is -3.25. The summed E-state index contributed by atoms with van der Waals surface area (Å²) in [6, 6.07) is 11.9. The number of sulfone groups is 1. The van der Waals surface area contributed by atoms with Crippen LogP contribution in [0, 0.1) is 6.92 Å². The molecular weight excluding hydrogens is 366 g/mol. The van der Waals surface area contributed by atoms with Gasteiger partial charge >= 0.3 is 0 Å². The van der Waals surface area contributed by atoms with Crippen molar-refractivity contribution in [2.24, 2.45) is 0 Å². The van der Waals surface area contributed by atoms with Gasteiger partial charge in [0.25, 0.3) is 0 Å². The number of furan rings is 1. The molecule has 2 aromatic heterocycles. The lowest BCUT2D eigenvalue weighted by Crippen LogP contribution is -2.25. The molecule has 4 nitrogen and oxygen atoms in total. The lowest BCUT2D eigenvalue weighted by Gasteiger charge is -2.16. The summed E-state index contributed by atoms with van der Waals surface area (Å²) in [5.41, 5.74) is 2.97. The van der Waals surface area contributed by atoms with Crippen LogP contribution < -0.4 is 0 Å². The average Bonchev–Trinajstić information content (AvgIpc) is 3.37. The normalized spacial score (nSPS) is 23.9. The highest BCUT2D eigenvalue weighted by atomic mass is 32.2. The number of nitrogens with zero attached hydrogens (tertiary/aromatic N) is 1. The Balaban J connectivity index is 1.48. The molecule has 5 rings (SSSR count). The molecule has 6 heteroatoms. The summed E-state index contributed by atoms with van der Waals surface area (Å²) in [6.07, 6.45) is 3.34. The highest BCUT2D eigenvalue weighted by molar-refractivity contribution is 7.92. The second-order valence-electron chi connectivity index (χ2n) is 7.16. The standard InChI is InChI=1S/C20H19NO3S2/c1-13-2-4-16(25-13)9-21-10-18-17-8-14(15-6-7-24-12-15)3-5-19(17)26(22,23)20(18)11-21/h2-8,12,18,20H,9-11H2,1H3/t18-,20+/m0/s1. The highest BCUT2D eigenvalue weighted by Gasteiger charge is 2.50. The van der Waals surface area contributed by atoms with E-state index in [-0.39, 0.29) is 11.2 Å². The van der Waals surface area contributed by atoms with Crippen molar-refractivity contribution in [3.8, 4) is 11.1 Å². The van der Waals surface area contributed by atoms with Gasteiger partial charge in [0.2, 0.25) is 0 Å². The van der Waals surface area contributed by atoms with Crippen LogP contribution in [0.5, 0.6) is 0 Å². The molecule has 0 spiro atoms. The number of fused-ring (bicyclic) bond motifs is 3. The summed E-state index contributed by atoms with van der Waals surface area (Å²) in [6.45, 7) is 4.34. The highest BCUT2D eigenvalue weighted by Crippen LogP contribution is 2.46. The molecule has 0 saturated carbocycles. The van der Waals surface area contributed by atoms with E-state index in [0.29, 0.717) is 11.4 Å². The van der Waals surface area contributed by atoms with E-state index in [2.05, 4.69) is 24.0 Å². The van der Waals surface area contributed by atoms with Crippen LogP contribution >= 0.6 is 11.3 Å². The third-order valence-electron chi connectivity index (χ3n) is 5.49. The van der Waals surface area contributed by atoms with Gasteiger partial charge in [-0.05, 0) is 48.4 Å². The fourth-order valence-electron chi connectivity index (χ4n) is 4.25. The lowest BCUT2D eigenvalue weighted by atomic mass is 9.95. The van der Waals surface area contributed by atoms with Crippen molar-refractivity contribution in [2.75, 3.05) is 13.1 Å². The molecule has 1 saturated heterocycles.